The summed E-state index contributed by atoms with van der Waals surface area (Å²) in [6.45, 7) is 3.56. The molecule has 24 heavy (non-hydrogen) atoms. The van der Waals surface area contributed by atoms with Crippen LogP contribution in [0.4, 0.5) is 0 Å². The van der Waals surface area contributed by atoms with Crippen LogP contribution >= 0.6 is 0 Å². The minimum Gasteiger partial charge on any atom is -0.466 e. The van der Waals surface area contributed by atoms with Gasteiger partial charge in [0.05, 0.1) is 0 Å². The second-order valence-corrected chi connectivity index (χ2v) is 5.37. The number of nitrogens with one attached hydrogen (secondary N) is 1. The average Bonchev–Trinajstić information content (AvgIpc) is 3.15. The molecule has 1 N–H and O–H groups in total. The predicted octanol–water partition coefficient (Wildman–Crippen LogP) is 2.10. The molecule has 1 amide bonds. The summed E-state index contributed by atoms with van der Waals surface area (Å²) in [5.74, 6) is 1.45. The lowest BCUT2D eigenvalue weighted by Crippen LogP contribution is -2.28. The Balaban J connectivity index is 1.47. The number of ether oxygens (including phenoxy) is 3. The van der Waals surface area contributed by atoms with Gasteiger partial charge >= 0.3 is 5.97 Å². The monoisotopic (exact) mass is 331 g/mol. The van der Waals surface area contributed by atoms with E-state index in [-0.39, 0.29) is 19.3 Å². The van der Waals surface area contributed by atoms with Crippen LogP contribution in [0.3, 0.4) is 0 Å². The lowest BCUT2D eigenvalue weighted by molar-refractivity contribution is -0.124. The maximum Gasteiger partial charge on any atom is 0.342 e. The zero-order valence-corrected chi connectivity index (χ0v) is 13.4. The molecule has 1 aliphatic heterocycles. The van der Waals surface area contributed by atoms with Crippen LogP contribution in [0.2, 0.25) is 0 Å². The Bertz CT molecular complexity index is 779. The molecule has 7 heteroatoms. The summed E-state index contributed by atoms with van der Waals surface area (Å²) >= 11 is 0. The first-order chi connectivity index (χ1) is 11.5. The molecule has 1 aromatic carbocycles. The van der Waals surface area contributed by atoms with Crippen molar-refractivity contribution in [2.75, 3.05) is 13.4 Å². The van der Waals surface area contributed by atoms with Crippen LogP contribution in [0.1, 0.15) is 27.4 Å². The van der Waals surface area contributed by atoms with Crippen molar-refractivity contribution in [3.63, 3.8) is 0 Å². The fourth-order valence-corrected chi connectivity index (χ4v) is 2.34. The number of carbonyl (C=O) groups is 2. The zero-order chi connectivity index (χ0) is 17.1. The van der Waals surface area contributed by atoms with Crippen molar-refractivity contribution in [3.8, 4) is 11.5 Å². The van der Waals surface area contributed by atoms with E-state index in [4.69, 9.17) is 18.6 Å². The number of hydrogen-bond acceptors (Lipinski definition) is 6. The Morgan fingerprint density at radius 2 is 1.96 bits per heavy atom. The SMILES string of the molecule is Cc1cc(C(=O)OCC(=O)NCc2ccc3c(c2)OCO3)c(C)o1. The molecule has 0 unspecified atom stereocenters. The van der Waals surface area contributed by atoms with E-state index in [0.717, 1.165) is 5.56 Å². The fourth-order valence-electron chi connectivity index (χ4n) is 2.34. The third kappa shape index (κ3) is 3.51. The van der Waals surface area contributed by atoms with Gasteiger partial charge in [-0.3, -0.25) is 4.79 Å². The summed E-state index contributed by atoms with van der Waals surface area (Å²) in [5.41, 5.74) is 1.19. The molecule has 0 radical (unpaired) electrons. The molecule has 2 heterocycles. The molecule has 0 saturated carbocycles. The Labute approximate surface area is 138 Å². The molecule has 0 fully saturated rings. The predicted molar refractivity (Wildman–Crippen MR) is 82.9 cm³/mol. The standard InChI is InChI=1S/C17H17NO6/c1-10-5-13(11(2)24-10)17(20)21-8-16(19)18-7-12-3-4-14-15(6-12)23-9-22-14/h3-6H,7-9H2,1-2H3,(H,18,19). The van der Waals surface area contributed by atoms with Gasteiger partial charge in [-0.2, -0.15) is 0 Å². The van der Waals surface area contributed by atoms with Crippen LogP contribution in [0.25, 0.3) is 0 Å². The Kier molecular flexibility index (Phi) is 4.41. The highest BCUT2D eigenvalue weighted by molar-refractivity contribution is 5.92. The molecule has 1 aromatic heterocycles. The van der Waals surface area contributed by atoms with E-state index >= 15 is 0 Å². The van der Waals surface area contributed by atoms with E-state index in [2.05, 4.69) is 5.32 Å². The van der Waals surface area contributed by atoms with Gasteiger partial charge in [0, 0.05) is 6.54 Å². The molecule has 126 valence electrons. The second kappa shape index (κ2) is 6.66. The van der Waals surface area contributed by atoms with E-state index < -0.39 is 5.97 Å². The minimum absolute atomic E-state index is 0.202. The molecule has 2 aromatic rings. The topological polar surface area (TPSA) is 87.0 Å². The van der Waals surface area contributed by atoms with Crippen molar-refractivity contribution < 1.29 is 28.2 Å². The average molecular weight is 331 g/mol. The van der Waals surface area contributed by atoms with Crippen molar-refractivity contribution in [1.29, 1.82) is 0 Å². The molecule has 0 spiro atoms. The van der Waals surface area contributed by atoms with Crippen molar-refractivity contribution in [3.05, 3.63) is 46.9 Å². The van der Waals surface area contributed by atoms with E-state index in [1.54, 1.807) is 32.0 Å². The Morgan fingerprint density at radius 1 is 1.17 bits per heavy atom. The van der Waals surface area contributed by atoms with Gasteiger partial charge < -0.3 is 23.9 Å². The number of amides is 1. The minimum atomic E-state index is -0.581. The van der Waals surface area contributed by atoms with E-state index in [0.29, 0.717) is 35.1 Å². The number of fused-ring (bicyclic) bond motifs is 1. The highest BCUT2D eigenvalue weighted by atomic mass is 16.7. The smallest absolute Gasteiger partial charge is 0.342 e. The van der Waals surface area contributed by atoms with E-state index in [1.807, 2.05) is 6.07 Å². The van der Waals surface area contributed by atoms with Gasteiger partial charge in [-0.05, 0) is 37.6 Å². The normalized spacial score (nSPS) is 12.1. The Hall–Kier alpha value is -2.96. The van der Waals surface area contributed by atoms with Crippen molar-refractivity contribution in [1.82, 2.24) is 5.32 Å². The summed E-state index contributed by atoms with van der Waals surface area (Å²) < 4.78 is 20.7. The van der Waals surface area contributed by atoms with E-state index in [1.165, 1.54) is 0 Å². The summed E-state index contributed by atoms with van der Waals surface area (Å²) in [5, 5.41) is 2.68. The van der Waals surface area contributed by atoms with Gasteiger partial charge in [-0.25, -0.2) is 4.79 Å². The van der Waals surface area contributed by atoms with Crippen molar-refractivity contribution in [2.45, 2.75) is 20.4 Å². The van der Waals surface area contributed by atoms with Gasteiger partial charge in [0.2, 0.25) is 6.79 Å². The first-order valence-electron chi connectivity index (χ1n) is 7.42. The number of esters is 1. The number of aryl methyl sites for hydroxylation is 2. The number of furan rings is 1. The molecule has 0 atom stereocenters. The lowest BCUT2D eigenvalue weighted by Gasteiger charge is -2.07. The van der Waals surface area contributed by atoms with Crippen LogP contribution in [0.15, 0.2) is 28.7 Å². The number of carbonyl (C=O) groups excluding carboxylic acids is 2. The molecule has 7 nitrogen and oxygen atoms in total. The first-order valence-corrected chi connectivity index (χ1v) is 7.42. The van der Waals surface area contributed by atoms with Crippen molar-refractivity contribution in [2.24, 2.45) is 0 Å². The maximum absolute atomic E-state index is 11.9. The molecule has 0 saturated heterocycles. The zero-order valence-electron chi connectivity index (χ0n) is 13.4. The first kappa shape index (κ1) is 15.9. The number of hydrogen-bond donors (Lipinski definition) is 1. The highest BCUT2D eigenvalue weighted by Crippen LogP contribution is 2.32. The Morgan fingerprint density at radius 3 is 2.71 bits per heavy atom. The number of benzene rings is 1. The molecule has 1 aliphatic rings. The third-order valence-electron chi connectivity index (χ3n) is 3.52. The summed E-state index contributed by atoms with van der Waals surface area (Å²) in [6, 6.07) is 7.00. The van der Waals surface area contributed by atoms with Gasteiger partial charge in [-0.1, -0.05) is 6.07 Å². The molecular formula is C17H17NO6. The summed E-state index contributed by atoms with van der Waals surface area (Å²) in [7, 11) is 0. The number of rotatable bonds is 5. The van der Waals surface area contributed by atoms with E-state index in [9.17, 15) is 9.59 Å². The van der Waals surface area contributed by atoms with Crippen LogP contribution in [-0.4, -0.2) is 25.3 Å². The van der Waals surface area contributed by atoms with Crippen LogP contribution in [-0.2, 0) is 16.1 Å². The van der Waals surface area contributed by atoms with Gasteiger partial charge in [-0.15, -0.1) is 0 Å². The maximum atomic E-state index is 11.9. The molecule has 3 rings (SSSR count). The summed E-state index contributed by atoms with van der Waals surface area (Å²) in [6.07, 6.45) is 0. The fraction of sp³-hybridized carbons (Fsp3) is 0.294. The van der Waals surface area contributed by atoms with Crippen LogP contribution in [0.5, 0.6) is 11.5 Å². The van der Waals surface area contributed by atoms with Gasteiger partial charge in [0.1, 0.15) is 17.1 Å². The highest BCUT2D eigenvalue weighted by Gasteiger charge is 2.17. The second-order valence-electron chi connectivity index (χ2n) is 5.37. The third-order valence-corrected chi connectivity index (χ3v) is 3.52. The summed E-state index contributed by atoms with van der Waals surface area (Å²) in [4.78, 5) is 23.7. The quantitative estimate of drug-likeness (QED) is 0.844. The lowest BCUT2D eigenvalue weighted by atomic mass is 10.2. The molecule has 0 aliphatic carbocycles. The van der Waals surface area contributed by atoms with Crippen molar-refractivity contribution >= 4 is 11.9 Å². The van der Waals surface area contributed by atoms with Gasteiger partial charge in [0.15, 0.2) is 18.1 Å². The molecular weight excluding hydrogens is 314 g/mol. The largest absolute Gasteiger partial charge is 0.466 e. The van der Waals surface area contributed by atoms with Gasteiger partial charge in [0.25, 0.3) is 5.91 Å². The van der Waals surface area contributed by atoms with Crippen LogP contribution in [0, 0.1) is 13.8 Å². The van der Waals surface area contributed by atoms with Crippen LogP contribution < -0.4 is 14.8 Å². The molecule has 0 bridgehead atoms.